The maximum Gasteiger partial charge on any atom is 0.252 e. The Bertz CT molecular complexity index is 1360. The molecule has 0 amide bonds. The van der Waals surface area contributed by atoms with Gasteiger partial charge in [0.05, 0.1) is 6.54 Å². The van der Waals surface area contributed by atoms with Crippen molar-refractivity contribution in [2.45, 2.75) is 57.0 Å². The quantitative estimate of drug-likeness (QED) is 0.202. The van der Waals surface area contributed by atoms with Crippen LogP contribution in [0.3, 0.4) is 0 Å². The van der Waals surface area contributed by atoms with Crippen LogP contribution in [0.1, 0.15) is 32.2 Å². The summed E-state index contributed by atoms with van der Waals surface area (Å²) in [6, 6.07) is 9.17. The molecule has 0 spiro atoms. The van der Waals surface area contributed by atoms with Crippen LogP contribution in [0, 0.1) is 0 Å². The standard InChI is InChI=1S/C24H30N4O3SSi/c1-24(2,3)33(5,6)30-12-11-20-26-18-9-7-16(13-19(18)31-20)15-28-21(29)10-8-17-14-25-23(32-4)27-22(17)28/h7-10,13-14H,11-12,15H2,1-6H3. The zero-order valence-corrected chi connectivity index (χ0v) is 21.8. The first kappa shape index (κ1) is 23.7. The Kier molecular flexibility index (Phi) is 6.48. The molecule has 0 saturated carbocycles. The number of rotatable bonds is 7. The van der Waals surface area contributed by atoms with E-state index in [0.29, 0.717) is 41.8 Å². The third-order valence-electron chi connectivity index (χ3n) is 6.31. The van der Waals surface area contributed by atoms with Crippen molar-refractivity contribution in [3.8, 4) is 0 Å². The second-order valence-electron chi connectivity index (χ2n) is 9.66. The van der Waals surface area contributed by atoms with E-state index in [1.165, 1.54) is 11.8 Å². The number of thioether (sulfide) groups is 1. The monoisotopic (exact) mass is 482 g/mol. The van der Waals surface area contributed by atoms with E-state index in [9.17, 15) is 4.79 Å². The van der Waals surface area contributed by atoms with Gasteiger partial charge in [0, 0.05) is 30.7 Å². The van der Waals surface area contributed by atoms with Gasteiger partial charge in [0.2, 0.25) is 0 Å². The Balaban J connectivity index is 1.55. The van der Waals surface area contributed by atoms with Crippen LogP contribution in [0.2, 0.25) is 18.1 Å². The van der Waals surface area contributed by atoms with Gasteiger partial charge in [-0.3, -0.25) is 9.36 Å². The number of benzene rings is 1. The third kappa shape index (κ3) is 5.05. The lowest BCUT2D eigenvalue weighted by atomic mass is 10.2. The summed E-state index contributed by atoms with van der Waals surface area (Å²) in [5, 5.41) is 1.64. The first-order valence-corrected chi connectivity index (χ1v) is 15.1. The molecule has 4 aromatic rings. The Hall–Kier alpha value is -2.49. The molecule has 1 aromatic carbocycles. The molecule has 33 heavy (non-hydrogen) atoms. The topological polar surface area (TPSA) is 83.0 Å². The lowest BCUT2D eigenvalue weighted by Gasteiger charge is -2.36. The Morgan fingerprint density at radius 1 is 1.15 bits per heavy atom. The Morgan fingerprint density at radius 2 is 1.94 bits per heavy atom. The fourth-order valence-corrected chi connectivity index (χ4v) is 4.70. The van der Waals surface area contributed by atoms with Gasteiger partial charge in [-0.2, -0.15) is 0 Å². The van der Waals surface area contributed by atoms with E-state index in [0.717, 1.165) is 16.5 Å². The highest BCUT2D eigenvalue weighted by Crippen LogP contribution is 2.36. The van der Waals surface area contributed by atoms with Crippen LogP contribution in [0.4, 0.5) is 0 Å². The average Bonchev–Trinajstić information content (AvgIpc) is 3.16. The first-order chi connectivity index (χ1) is 15.6. The molecule has 3 heterocycles. The lowest BCUT2D eigenvalue weighted by Crippen LogP contribution is -2.41. The summed E-state index contributed by atoms with van der Waals surface area (Å²) >= 11 is 1.45. The van der Waals surface area contributed by atoms with Gasteiger partial charge >= 0.3 is 0 Å². The van der Waals surface area contributed by atoms with Crippen LogP contribution in [-0.2, 0) is 17.4 Å². The summed E-state index contributed by atoms with van der Waals surface area (Å²) in [5.41, 5.74) is 2.99. The summed E-state index contributed by atoms with van der Waals surface area (Å²) in [6.45, 7) is 12.2. The molecule has 0 aliphatic carbocycles. The van der Waals surface area contributed by atoms with Crippen molar-refractivity contribution in [1.29, 1.82) is 0 Å². The summed E-state index contributed by atoms with van der Waals surface area (Å²) < 4.78 is 13.9. The molecule has 0 unspecified atom stereocenters. The van der Waals surface area contributed by atoms with E-state index in [2.05, 4.69) is 48.8 Å². The Morgan fingerprint density at radius 3 is 2.67 bits per heavy atom. The SMILES string of the molecule is CSc1ncc2ccc(=O)n(Cc3ccc4nc(CCO[Si](C)(C)C(C)(C)C)oc4c3)c2n1. The van der Waals surface area contributed by atoms with Gasteiger partial charge in [-0.1, -0.05) is 38.6 Å². The first-order valence-electron chi connectivity index (χ1n) is 11.0. The van der Waals surface area contributed by atoms with Crippen molar-refractivity contribution < 1.29 is 8.84 Å². The number of oxazole rings is 1. The van der Waals surface area contributed by atoms with Gasteiger partial charge in [-0.15, -0.1) is 0 Å². The van der Waals surface area contributed by atoms with E-state index in [-0.39, 0.29) is 10.6 Å². The highest BCUT2D eigenvalue weighted by Gasteiger charge is 2.36. The van der Waals surface area contributed by atoms with E-state index >= 15 is 0 Å². The smallest absolute Gasteiger partial charge is 0.252 e. The molecule has 0 atom stereocenters. The number of hydrogen-bond donors (Lipinski definition) is 0. The minimum atomic E-state index is -1.80. The zero-order valence-electron chi connectivity index (χ0n) is 20.0. The fourth-order valence-electron chi connectivity index (χ4n) is 3.32. The van der Waals surface area contributed by atoms with Crippen molar-refractivity contribution in [2.24, 2.45) is 0 Å². The highest BCUT2D eigenvalue weighted by atomic mass is 32.2. The van der Waals surface area contributed by atoms with Crippen molar-refractivity contribution in [2.75, 3.05) is 12.9 Å². The number of pyridine rings is 1. The van der Waals surface area contributed by atoms with Gasteiger partial charge < -0.3 is 8.84 Å². The second-order valence-corrected chi connectivity index (χ2v) is 15.2. The molecule has 174 valence electrons. The van der Waals surface area contributed by atoms with Gasteiger partial charge in [0.25, 0.3) is 5.56 Å². The molecule has 0 N–H and O–H groups in total. The second kappa shape index (κ2) is 9.04. The van der Waals surface area contributed by atoms with Gasteiger partial charge in [0.15, 0.2) is 24.9 Å². The maximum absolute atomic E-state index is 12.6. The molecule has 0 saturated heterocycles. The zero-order chi connectivity index (χ0) is 23.8. The van der Waals surface area contributed by atoms with Crippen molar-refractivity contribution in [1.82, 2.24) is 19.5 Å². The predicted octanol–water partition coefficient (Wildman–Crippen LogP) is 5.27. The predicted molar refractivity (Wildman–Crippen MR) is 136 cm³/mol. The van der Waals surface area contributed by atoms with E-state index < -0.39 is 8.32 Å². The van der Waals surface area contributed by atoms with Crippen LogP contribution in [-0.4, -0.2) is 40.7 Å². The number of aromatic nitrogens is 4. The number of fused-ring (bicyclic) bond motifs is 2. The summed E-state index contributed by atoms with van der Waals surface area (Å²) in [4.78, 5) is 26.1. The highest BCUT2D eigenvalue weighted by molar-refractivity contribution is 7.98. The minimum Gasteiger partial charge on any atom is -0.441 e. The summed E-state index contributed by atoms with van der Waals surface area (Å²) in [6.07, 6.45) is 4.30. The minimum absolute atomic E-state index is 0.102. The number of nitrogens with zero attached hydrogens (tertiary/aromatic N) is 4. The van der Waals surface area contributed by atoms with Crippen molar-refractivity contribution >= 4 is 42.2 Å². The molecular weight excluding hydrogens is 452 g/mol. The molecule has 4 rings (SSSR count). The van der Waals surface area contributed by atoms with Gasteiger partial charge in [-0.05, 0) is 48.2 Å². The molecular formula is C24H30N4O3SSi. The molecule has 0 fully saturated rings. The normalized spacial score (nSPS) is 12.7. The van der Waals surface area contributed by atoms with Crippen LogP contribution in [0.15, 0.2) is 50.9 Å². The van der Waals surface area contributed by atoms with E-state index in [1.54, 1.807) is 22.9 Å². The van der Waals surface area contributed by atoms with Crippen molar-refractivity contribution in [3.05, 3.63) is 58.3 Å². The van der Waals surface area contributed by atoms with Crippen LogP contribution >= 0.6 is 11.8 Å². The van der Waals surface area contributed by atoms with Crippen LogP contribution in [0.25, 0.3) is 22.1 Å². The van der Waals surface area contributed by atoms with Gasteiger partial charge in [0.1, 0.15) is 11.2 Å². The summed E-state index contributed by atoms with van der Waals surface area (Å²) in [5.74, 6) is 0.667. The van der Waals surface area contributed by atoms with Crippen LogP contribution < -0.4 is 5.56 Å². The fraction of sp³-hybridized carbons (Fsp3) is 0.417. The van der Waals surface area contributed by atoms with E-state index in [4.69, 9.17) is 8.84 Å². The maximum atomic E-state index is 12.6. The largest absolute Gasteiger partial charge is 0.441 e. The molecule has 0 radical (unpaired) electrons. The molecule has 0 bridgehead atoms. The summed E-state index contributed by atoms with van der Waals surface area (Å²) in [7, 11) is -1.80. The average molecular weight is 483 g/mol. The molecule has 0 aliphatic heterocycles. The van der Waals surface area contributed by atoms with Gasteiger partial charge in [-0.25, -0.2) is 15.0 Å². The molecule has 3 aromatic heterocycles. The molecule has 9 heteroatoms. The van der Waals surface area contributed by atoms with Crippen molar-refractivity contribution in [3.63, 3.8) is 0 Å². The number of hydrogen-bond acceptors (Lipinski definition) is 7. The van der Waals surface area contributed by atoms with E-state index in [1.807, 2.05) is 24.5 Å². The lowest BCUT2D eigenvalue weighted by molar-refractivity contribution is 0.281. The molecule has 7 nitrogen and oxygen atoms in total. The third-order valence-corrected chi connectivity index (χ3v) is 11.4. The molecule has 0 aliphatic rings. The Labute approximate surface area is 198 Å². The van der Waals surface area contributed by atoms with Crippen LogP contribution in [0.5, 0.6) is 0 Å².